The zero-order valence-corrected chi connectivity index (χ0v) is 19.9. The molecule has 3 atom stereocenters. The number of nitriles is 1. The van der Waals surface area contributed by atoms with Gasteiger partial charge in [-0.15, -0.1) is 0 Å². The molecule has 2 aromatic heterocycles. The first-order valence-electron chi connectivity index (χ1n) is 12.2. The normalized spacial score (nSPS) is 22.2. The minimum absolute atomic E-state index is 0.0485. The van der Waals surface area contributed by atoms with Crippen LogP contribution in [0.3, 0.4) is 0 Å². The number of pyridine rings is 2. The third kappa shape index (κ3) is 4.57. The number of hydrogen-bond donors (Lipinski definition) is 2. The van der Waals surface area contributed by atoms with Crippen LogP contribution in [0, 0.1) is 11.3 Å². The number of anilines is 2. The molecule has 37 heavy (non-hydrogen) atoms. The van der Waals surface area contributed by atoms with Crippen LogP contribution in [0.5, 0.6) is 5.75 Å². The van der Waals surface area contributed by atoms with Gasteiger partial charge in [-0.25, -0.2) is 9.78 Å². The van der Waals surface area contributed by atoms with Crippen molar-refractivity contribution in [3.8, 4) is 23.1 Å². The summed E-state index contributed by atoms with van der Waals surface area (Å²) < 4.78 is 11.1. The molecule has 10 heteroatoms. The van der Waals surface area contributed by atoms with Gasteiger partial charge in [0.2, 0.25) is 0 Å². The van der Waals surface area contributed by atoms with Gasteiger partial charge in [0.1, 0.15) is 11.9 Å². The Morgan fingerprint density at radius 3 is 2.89 bits per heavy atom. The third-order valence-electron chi connectivity index (χ3n) is 6.91. The summed E-state index contributed by atoms with van der Waals surface area (Å²) in [5.74, 6) is 0.960. The van der Waals surface area contributed by atoms with Crippen LogP contribution in [-0.2, 0) is 16.1 Å². The lowest BCUT2D eigenvalue weighted by Gasteiger charge is -2.33. The van der Waals surface area contributed by atoms with Crippen LogP contribution in [0.25, 0.3) is 11.3 Å². The smallest absolute Gasteiger partial charge is 0.416 e. The van der Waals surface area contributed by atoms with Crippen LogP contribution in [0.15, 0.2) is 54.6 Å². The van der Waals surface area contributed by atoms with Crippen molar-refractivity contribution in [2.24, 2.45) is 0 Å². The van der Waals surface area contributed by atoms with Crippen molar-refractivity contribution in [3.63, 3.8) is 0 Å². The standard InChI is InChI=1S/C27H24N6O4/c28-13-16-3-1-4-17(11-16)20-6-2-5-19(30-20)14-29-18-7-8-21-23(12-18)37-27(35)33(21)24-10-9-22-26(31-24)32-25(34)15-36-22/h1-6,9-11,18,21,23,29H,7-8,12,14-15H2,(H,31,32,34)/t18-,21-,23-/m0/s1. The van der Waals surface area contributed by atoms with Gasteiger partial charge < -0.3 is 20.1 Å². The molecule has 0 spiro atoms. The highest BCUT2D eigenvalue weighted by Crippen LogP contribution is 2.37. The number of amides is 2. The maximum Gasteiger partial charge on any atom is 0.416 e. The lowest BCUT2D eigenvalue weighted by Crippen LogP contribution is -2.46. The number of aromatic nitrogens is 2. The quantitative estimate of drug-likeness (QED) is 0.550. The Labute approximate surface area is 213 Å². The molecule has 10 nitrogen and oxygen atoms in total. The lowest BCUT2D eigenvalue weighted by atomic mass is 9.88. The van der Waals surface area contributed by atoms with E-state index in [0.717, 1.165) is 29.8 Å². The second kappa shape index (κ2) is 9.52. The first kappa shape index (κ1) is 22.9. The highest BCUT2D eigenvalue weighted by molar-refractivity contribution is 5.95. The van der Waals surface area contributed by atoms with Crippen LogP contribution >= 0.6 is 0 Å². The summed E-state index contributed by atoms with van der Waals surface area (Å²) in [6.07, 6.45) is 1.62. The van der Waals surface area contributed by atoms with Gasteiger partial charge in [0.25, 0.3) is 5.91 Å². The van der Waals surface area contributed by atoms with Crippen LogP contribution in [0.2, 0.25) is 0 Å². The molecule has 2 aliphatic heterocycles. The zero-order chi connectivity index (χ0) is 25.4. The van der Waals surface area contributed by atoms with E-state index in [0.29, 0.717) is 35.9 Å². The highest BCUT2D eigenvalue weighted by Gasteiger charge is 2.46. The number of nitrogens with one attached hydrogen (secondary N) is 2. The average molecular weight is 497 g/mol. The molecule has 1 aliphatic carbocycles. The molecule has 6 rings (SSSR count). The van der Waals surface area contributed by atoms with E-state index in [9.17, 15) is 14.9 Å². The lowest BCUT2D eigenvalue weighted by molar-refractivity contribution is -0.118. The fourth-order valence-electron chi connectivity index (χ4n) is 5.13. The maximum absolute atomic E-state index is 12.8. The Bertz CT molecular complexity index is 1420. The summed E-state index contributed by atoms with van der Waals surface area (Å²) in [6.45, 7) is 0.532. The van der Waals surface area contributed by atoms with E-state index in [-0.39, 0.29) is 30.7 Å². The average Bonchev–Trinajstić information content (AvgIpc) is 3.26. The van der Waals surface area contributed by atoms with Gasteiger partial charge in [0, 0.05) is 24.6 Å². The predicted molar refractivity (Wildman–Crippen MR) is 134 cm³/mol. The molecule has 1 saturated carbocycles. The minimum atomic E-state index is -0.430. The van der Waals surface area contributed by atoms with E-state index in [1.54, 1.807) is 23.1 Å². The number of fused-ring (bicyclic) bond motifs is 2. The van der Waals surface area contributed by atoms with Crippen molar-refractivity contribution in [2.75, 3.05) is 16.8 Å². The molecule has 1 aromatic carbocycles. The monoisotopic (exact) mass is 496 g/mol. The fraction of sp³-hybridized carbons (Fsp3) is 0.296. The van der Waals surface area contributed by atoms with Crippen molar-refractivity contribution in [3.05, 3.63) is 65.9 Å². The van der Waals surface area contributed by atoms with Gasteiger partial charge in [-0.1, -0.05) is 18.2 Å². The fourth-order valence-corrected chi connectivity index (χ4v) is 5.13. The van der Waals surface area contributed by atoms with Crippen molar-refractivity contribution < 1.29 is 19.1 Å². The Morgan fingerprint density at radius 1 is 1.11 bits per heavy atom. The topological polar surface area (TPSA) is 129 Å². The van der Waals surface area contributed by atoms with Crippen LogP contribution in [0.4, 0.5) is 16.4 Å². The number of nitrogens with zero attached hydrogens (tertiary/aromatic N) is 4. The molecule has 2 fully saturated rings. The van der Waals surface area contributed by atoms with Gasteiger partial charge in [0.05, 0.1) is 29.1 Å². The Balaban J connectivity index is 1.10. The summed E-state index contributed by atoms with van der Waals surface area (Å²) in [4.78, 5) is 35.2. The first-order chi connectivity index (χ1) is 18.1. The summed E-state index contributed by atoms with van der Waals surface area (Å²) in [5, 5.41) is 15.4. The number of hydrogen-bond acceptors (Lipinski definition) is 8. The number of benzene rings is 1. The number of carbonyl (C=O) groups excluding carboxylic acids is 2. The SMILES string of the molecule is N#Cc1cccc(-c2cccc(CN[C@H]3CC[C@H]4[C@H](C3)OC(=O)N4c3ccc4c(n3)NC(=O)CO4)n2)c1. The van der Waals surface area contributed by atoms with Crippen molar-refractivity contribution in [1.29, 1.82) is 5.26 Å². The molecule has 3 aromatic rings. The van der Waals surface area contributed by atoms with Crippen molar-refractivity contribution in [1.82, 2.24) is 15.3 Å². The molecule has 3 aliphatic rings. The van der Waals surface area contributed by atoms with Gasteiger partial charge in [-0.2, -0.15) is 5.26 Å². The third-order valence-corrected chi connectivity index (χ3v) is 6.91. The molecular weight excluding hydrogens is 472 g/mol. The van der Waals surface area contributed by atoms with E-state index in [1.165, 1.54) is 0 Å². The summed E-state index contributed by atoms with van der Waals surface area (Å²) >= 11 is 0. The van der Waals surface area contributed by atoms with Crippen molar-refractivity contribution >= 4 is 23.6 Å². The van der Waals surface area contributed by atoms with Crippen LogP contribution in [0.1, 0.15) is 30.5 Å². The second-order valence-corrected chi connectivity index (χ2v) is 9.31. The van der Waals surface area contributed by atoms with Gasteiger partial charge in [-0.3, -0.25) is 14.7 Å². The van der Waals surface area contributed by atoms with E-state index in [4.69, 9.17) is 14.5 Å². The number of carbonyl (C=O) groups is 2. The molecule has 0 bridgehead atoms. The summed E-state index contributed by atoms with van der Waals surface area (Å²) in [6, 6.07) is 18.9. The molecular formula is C27H24N6O4. The number of rotatable bonds is 5. The highest BCUT2D eigenvalue weighted by atomic mass is 16.6. The van der Waals surface area contributed by atoms with Gasteiger partial charge >= 0.3 is 6.09 Å². The minimum Gasteiger partial charge on any atom is -0.480 e. The number of ether oxygens (including phenoxy) is 2. The van der Waals surface area contributed by atoms with E-state index in [1.807, 2.05) is 36.4 Å². The Hall–Kier alpha value is -4.49. The molecule has 2 N–H and O–H groups in total. The zero-order valence-electron chi connectivity index (χ0n) is 19.9. The summed E-state index contributed by atoms with van der Waals surface area (Å²) in [7, 11) is 0. The molecule has 2 amide bonds. The second-order valence-electron chi connectivity index (χ2n) is 9.31. The Kier molecular flexibility index (Phi) is 5.90. The van der Waals surface area contributed by atoms with E-state index >= 15 is 0 Å². The molecule has 0 unspecified atom stereocenters. The molecule has 4 heterocycles. The van der Waals surface area contributed by atoms with E-state index < -0.39 is 6.09 Å². The largest absolute Gasteiger partial charge is 0.480 e. The molecule has 1 saturated heterocycles. The van der Waals surface area contributed by atoms with Gasteiger partial charge in [-0.05, 0) is 49.2 Å². The summed E-state index contributed by atoms with van der Waals surface area (Å²) in [5.41, 5.74) is 3.22. The predicted octanol–water partition coefficient (Wildman–Crippen LogP) is 3.38. The van der Waals surface area contributed by atoms with Crippen LogP contribution < -0.4 is 20.3 Å². The van der Waals surface area contributed by atoms with E-state index in [2.05, 4.69) is 21.7 Å². The molecule has 0 radical (unpaired) electrons. The van der Waals surface area contributed by atoms with Crippen LogP contribution in [-0.4, -0.2) is 46.8 Å². The molecule has 186 valence electrons. The maximum atomic E-state index is 12.8. The Morgan fingerprint density at radius 2 is 2.00 bits per heavy atom. The van der Waals surface area contributed by atoms with Crippen molar-refractivity contribution in [2.45, 2.75) is 44.0 Å². The van der Waals surface area contributed by atoms with Gasteiger partial charge in [0.15, 0.2) is 18.2 Å². The first-order valence-corrected chi connectivity index (χ1v) is 12.2.